The lowest BCUT2D eigenvalue weighted by molar-refractivity contribution is 0.103. The molecule has 2 N–H and O–H groups in total. The van der Waals surface area contributed by atoms with Gasteiger partial charge in [-0.2, -0.15) is 0 Å². The average molecular weight is 313 g/mol. The van der Waals surface area contributed by atoms with E-state index >= 15 is 0 Å². The second-order valence-electron chi connectivity index (χ2n) is 5.69. The van der Waals surface area contributed by atoms with Crippen molar-refractivity contribution in [3.8, 4) is 5.75 Å². The van der Waals surface area contributed by atoms with Gasteiger partial charge in [-0.1, -0.05) is 18.2 Å². The van der Waals surface area contributed by atoms with Crippen LogP contribution in [-0.4, -0.2) is 50.3 Å². The number of benzene rings is 1. The molecule has 1 aromatic rings. The molecule has 1 heterocycles. The van der Waals surface area contributed by atoms with Crippen molar-refractivity contribution in [1.82, 2.24) is 5.32 Å². The third-order valence-electron chi connectivity index (χ3n) is 3.70. The van der Waals surface area contributed by atoms with Crippen LogP contribution in [0.1, 0.15) is 17.5 Å². The molecule has 0 amide bonds. The monoisotopic (exact) mass is 313 g/mol. The first-order chi connectivity index (χ1) is 9.87. The van der Waals surface area contributed by atoms with Gasteiger partial charge in [-0.15, -0.1) is 0 Å². The third-order valence-corrected chi connectivity index (χ3v) is 5.47. The Hall–Kier alpha value is -1.11. The van der Waals surface area contributed by atoms with Crippen LogP contribution in [0.25, 0.3) is 0 Å². The molecule has 1 fully saturated rings. The normalized spacial score (nSPS) is 22.1. The van der Waals surface area contributed by atoms with Gasteiger partial charge in [-0.25, -0.2) is 8.42 Å². The number of sulfone groups is 1. The Morgan fingerprint density at radius 3 is 2.62 bits per heavy atom. The Labute approximate surface area is 126 Å². The van der Waals surface area contributed by atoms with E-state index in [1.54, 1.807) is 0 Å². The Bertz CT molecular complexity index is 565. The minimum atomic E-state index is -2.89. The van der Waals surface area contributed by atoms with E-state index in [0.29, 0.717) is 13.0 Å². The highest BCUT2D eigenvalue weighted by Gasteiger charge is 2.27. The molecule has 6 heteroatoms. The molecule has 0 saturated carbocycles. The highest BCUT2D eigenvalue weighted by Crippen LogP contribution is 2.22. The number of para-hydroxylation sites is 1. The maximum Gasteiger partial charge on any atom is 0.151 e. The molecular formula is C15H23NO4S. The minimum Gasteiger partial charge on any atom is -0.490 e. The zero-order chi connectivity index (χ0) is 15.5. The molecule has 0 bridgehead atoms. The van der Waals surface area contributed by atoms with Crippen molar-refractivity contribution in [2.45, 2.75) is 32.4 Å². The van der Waals surface area contributed by atoms with Gasteiger partial charge in [0.15, 0.2) is 9.84 Å². The van der Waals surface area contributed by atoms with Crippen LogP contribution in [0.15, 0.2) is 18.2 Å². The number of aliphatic hydroxyl groups excluding tert-OH is 1. The summed E-state index contributed by atoms with van der Waals surface area (Å²) in [5, 5.41) is 13.0. The van der Waals surface area contributed by atoms with Crippen LogP contribution >= 0.6 is 0 Å². The minimum absolute atomic E-state index is 0.0511. The van der Waals surface area contributed by atoms with Gasteiger partial charge in [0.25, 0.3) is 0 Å². The van der Waals surface area contributed by atoms with Gasteiger partial charge >= 0.3 is 0 Å². The molecule has 0 unspecified atom stereocenters. The quantitative estimate of drug-likeness (QED) is 0.813. The number of nitrogens with one attached hydrogen (secondary N) is 1. The second-order valence-corrected chi connectivity index (χ2v) is 7.92. The van der Waals surface area contributed by atoms with E-state index in [1.807, 2.05) is 32.0 Å². The number of hydrogen-bond acceptors (Lipinski definition) is 5. The van der Waals surface area contributed by atoms with Crippen LogP contribution in [0.3, 0.4) is 0 Å². The molecule has 0 aliphatic carbocycles. The predicted molar refractivity (Wildman–Crippen MR) is 82.5 cm³/mol. The highest BCUT2D eigenvalue weighted by molar-refractivity contribution is 7.91. The van der Waals surface area contributed by atoms with Crippen molar-refractivity contribution >= 4 is 9.84 Å². The maximum atomic E-state index is 11.3. The fourth-order valence-corrected chi connectivity index (χ4v) is 4.23. The van der Waals surface area contributed by atoms with Gasteiger partial charge in [0.1, 0.15) is 18.5 Å². The summed E-state index contributed by atoms with van der Waals surface area (Å²) in [5.41, 5.74) is 2.08. The fourth-order valence-electron chi connectivity index (χ4n) is 2.52. The molecule has 0 radical (unpaired) electrons. The summed E-state index contributed by atoms with van der Waals surface area (Å²) in [5.74, 6) is 1.21. The summed E-state index contributed by atoms with van der Waals surface area (Å²) in [6, 6.07) is 5.85. The average Bonchev–Trinajstić information content (AvgIpc) is 2.75. The van der Waals surface area contributed by atoms with E-state index < -0.39 is 15.9 Å². The topological polar surface area (TPSA) is 75.6 Å². The van der Waals surface area contributed by atoms with Crippen molar-refractivity contribution in [1.29, 1.82) is 0 Å². The van der Waals surface area contributed by atoms with Crippen molar-refractivity contribution in [2.75, 3.05) is 24.7 Å². The molecule has 2 rings (SSSR count). The van der Waals surface area contributed by atoms with Crippen LogP contribution in [0, 0.1) is 13.8 Å². The zero-order valence-corrected chi connectivity index (χ0v) is 13.3. The van der Waals surface area contributed by atoms with E-state index in [1.165, 1.54) is 0 Å². The van der Waals surface area contributed by atoms with Crippen molar-refractivity contribution in [3.63, 3.8) is 0 Å². The van der Waals surface area contributed by atoms with E-state index in [-0.39, 0.29) is 24.2 Å². The van der Waals surface area contributed by atoms with Crippen LogP contribution in [0.5, 0.6) is 5.75 Å². The summed E-state index contributed by atoms with van der Waals surface area (Å²) in [4.78, 5) is 0. The summed E-state index contributed by atoms with van der Waals surface area (Å²) < 4.78 is 28.4. The van der Waals surface area contributed by atoms with Crippen molar-refractivity contribution < 1.29 is 18.3 Å². The SMILES string of the molecule is Cc1cccc(C)c1OC[C@H](O)CN[C@@H]1CCS(=O)(=O)C1. The Balaban J connectivity index is 1.76. The van der Waals surface area contributed by atoms with Crippen molar-refractivity contribution in [2.24, 2.45) is 0 Å². The molecule has 0 aromatic heterocycles. The Morgan fingerprint density at radius 1 is 1.38 bits per heavy atom. The molecule has 21 heavy (non-hydrogen) atoms. The predicted octanol–water partition coefficient (Wildman–Crippen LogP) is 0.820. The summed E-state index contributed by atoms with van der Waals surface area (Å²) in [6.07, 6.45) is -0.0420. The Kier molecular flexibility index (Phi) is 5.24. The number of ether oxygens (including phenoxy) is 1. The first kappa shape index (κ1) is 16.3. The van der Waals surface area contributed by atoms with Crippen LogP contribution in [0.4, 0.5) is 0 Å². The van der Waals surface area contributed by atoms with E-state index in [0.717, 1.165) is 16.9 Å². The lowest BCUT2D eigenvalue weighted by Crippen LogP contribution is -2.38. The fraction of sp³-hybridized carbons (Fsp3) is 0.600. The highest BCUT2D eigenvalue weighted by atomic mass is 32.2. The van der Waals surface area contributed by atoms with Crippen LogP contribution < -0.4 is 10.1 Å². The van der Waals surface area contributed by atoms with Gasteiger partial charge in [0, 0.05) is 12.6 Å². The Morgan fingerprint density at radius 2 is 2.05 bits per heavy atom. The number of aryl methyl sites for hydroxylation is 2. The first-order valence-electron chi connectivity index (χ1n) is 7.18. The molecule has 118 valence electrons. The van der Waals surface area contributed by atoms with Crippen molar-refractivity contribution in [3.05, 3.63) is 29.3 Å². The summed E-state index contributed by atoms with van der Waals surface area (Å²) in [6.45, 7) is 4.47. The maximum absolute atomic E-state index is 11.3. The third kappa shape index (κ3) is 4.69. The lowest BCUT2D eigenvalue weighted by Gasteiger charge is -2.18. The zero-order valence-electron chi connectivity index (χ0n) is 12.5. The first-order valence-corrected chi connectivity index (χ1v) is 9.00. The molecule has 1 saturated heterocycles. The van der Waals surface area contributed by atoms with Crippen LogP contribution in [-0.2, 0) is 9.84 Å². The smallest absolute Gasteiger partial charge is 0.151 e. The molecule has 2 atom stereocenters. The lowest BCUT2D eigenvalue weighted by atomic mass is 10.1. The summed E-state index contributed by atoms with van der Waals surface area (Å²) >= 11 is 0. The van der Waals surface area contributed by atoms with Gasteiger partial charge in [-0.05, 0) is 31.4 Å². The van der Waals surface area contributed by atoms with E-state index in [4.69, 9.17) is 4.74 Å². The van der Waals surface area contributed by atoms with Gasteiger partial charge in [0.05, 0.1) is 11.5 Å². The van der Waals surface area contributed by atoms with Gasteiger partial charge < -0.3 is 15.2 Å². The van der Waals surface area contributed by atoms with E-state index in [2.05, 4.69) is 5.32 Å². The number of hydrogen-bond donors (Lipinski definition) is 2. The number of aliphatic hydroxyl groups is 1. The van der Waals surface area contributed by atoms with Gasteiger partial charge in [0.2, 0.25) is 0 Å². The van der Waals surface area contributed by atoms with Gasteiger partial charge in [-0.3, -0.25) is 0 Å². The van der Waals surface area contributed by atoms with Crippen LogP contribution in [0.2, 0.25) is 0 Å². The molecule has 1 aromatic carbocycles. The standard InChI is InChI=1S/C15H23NO4S/c1-11-4-3-5-12(2)15(11)20-9-14(17)8-16-13-6-7-21(18,19)10-13/h3-5,13-14,16-17H,6-10H2,1-2H3/t13-,14-/m1/s1. The second kappa shape index (κ2) is 6.77. The molecular weight excluding hydrogens is 290 g/mol. The van der Waals surface area contributed by atoms with E-state index in [9.17, 15) is 13.5 Å². The molecule has 1 aliphatic heterocycles. The molecule has 1 aliphatic rings. The summed E-state index contributed by atoms with van der Waals surface area (Å²) in [7, 11) is -2.89. The number of rotatable bonds is 6. The largest absolute Gasteiger partial charge is 0.490 e. The molecule has 0 spiro atoms. The molecule has 5 nitrogen and oxygen atoms in total.